The number of fused-ring (bicyclic) bond motifs is 1. The molecule has 1 heterocycles. The van der Waals surface area contributed by atoms with E-state index in [4.69, 9.17) is 9.52 Å². The van der Waals surface area contributed by atoms with Crippen molar-refractivity contribution < 1.29 is 14.3 Å². The average Bonchev–Trinajstić information content (AvgIpc) is 2.74. The number of rotatable bonds is 7. The summed E-state index contributed by atoms with van der Waals surface area (Å²) < 4.78 is 6.77. The van der Waals surface area contributed by atoms with Crippen molar-refractivity contribution >= 4 is 17.1 Å². The number of para-hydroxylation sites is 2. The Morgan fingerprint density at radius 2 is 2.05 bits per heavy atom. The number of aromatic nitrogens is 1. The number of oxazole rings is 1. The molecule has 0 radical (unpaired) electrons. The summed E-state index contributed by atoms with van der Waals surface area (Å²) in [5.41, 5.74) is 1.34. The fourth-order valence-electron chi connectivity index (χ4n) is 2.32. The van der Waals surface area contributed by atoms with Gasteiger partial charge in [-0.2, -0.15) is 0 Å². The topological polar surface area (TPSA) is 75.7 Å². The van der Waals surface area contributed by atoms with Crippen LogP contribution in [0, 0.1) is 0 Å². The van der Waals surface area contributed by atoms with Crippen LogP contribution in [0.5, 0.6) is 0 Å². The summed E-state index contributed by atoms with van der Waals surface area (Å²) in [6, 6.07) is 7.51. The first-order valence-electron chi connectivity index (χ1n) is 7.03. The highest BCUT2D eigenvalue weighted by Crippen LogP contribution is 2.12. The normalized spacial score (nSPS) is 11.6. The van der Waals surface area contributed by atoms with Crippen LogP contribution < -0.4 is 5.76 Å². The maximum Gasteiger partial charge on any atom is 0.419 e. The van der Waals surface area contributed by atoms with Gasteiger partial charge in [0.15, 0.2) is 5.58 Å². The summed E-state index contributed by atoms with van der Waals surface area (Å²) in [6.45, 7) is 5.58. The van der Waals surface area contributed by atoms with Crippen LogP contribution >= 0.6 is 0 Å². The Kier molecular flexibility index (Phi) is 4.80. The Bertz CT molecular complexity index is 672. The molecular weight excluding hydrogens is 272 g/mol. The third-order valence-corrected chi connectivity index (χ3v) is 3.53. The molecule has 0 aliphatic rings. The number of carbonyl (C=O) groups is 1. The van der Waals surface area contributed by atoms with Crippen LogP contribution in [0.15, 0.2) is 33.5 Å². The van der Waals surface area contributed by atoms with E-state index in [1.165, 1.54) is 0 Å². The number of hydrogen-bond donors (Lipinski definition) is 1. The van der Waals surface area contributed by atoms with Crippen molar-refractivity contribution in [3.8, 4) is 0 Å². The van der Waals surface area contributed by atoms with Crippen LogP contribution in [0.3, 0.4) is 0 Å². The molecule has 6 heteroatoms. The molecule has 0 unspecified atom stereocenters. The first-order chi connectivity index (χ1) is 9.99. The van der Waals surface area contributed by atoms with E-state index < -0.39 is 5.97 Å². The average molecular weight is 292 g/mol. The summed E-state index contributed by atoms with van der Waals surface area (Å²) >= 11 is 0. The molecule has 21 heavy (non-hydrogen) atoms. The predicted molar refractivity (Wildman–Crippen MR) is 79.4 cm³/mol. The lowest BCUT2D eigenvalue weighted by atomic mass is 10.2. The van der Waals surface area contributed by atoms with Gasteiger partial charge in [0, 0.05) is 25.7 Å². The van der Waals surface area contributed by atoms with Gasteiger partial charge < -0.3 is 9.52 Å². The molecule has 0 aliphatic heterocycles. The lowest BCUT2D eigenvalue weighted by molar-refractivity contribution is -0.137. The molecule has 1 N–H and O–H groups in total. The molecular formula is C15H20N2O4. The predicted octanol–water partition coefficient (Wildman–Crippen LogP) is 1.78. The van der Waals surface area contributed by atoms with Crippen LogP contribution in [-0.4, -0.2) is 39.7 Å². The molecule has 0 saturated heterocycles. The van der Waals surface area contributed by atoms with Gasteiger partial charge in [0.05, 0.1) is 11.9 Å². The Morgan fingerprint density at radius 3 is 2.71 bits per heavy atom. The van der Waals surface area contributed by atoms with E-state index in [-0.39, 0.29) is 18.2 Å². The second kappa shape index (κ2) is 6.58. The first-order valence-corrected chi connectivity index (χ1v) is 7.03. The van der Waals surface area contributed by atoms with Gasteiger partial charge in [0.25, 0.3) is 0 Å². The van der Waals surface area contributed by atoms with Crippen LogP contribution in [-0.2, 0) is 11.3 Å². The smallest absolute Gasteiger partial charge is 0.419 e. The lowest BCUT2D eigenvalue weighted by Gasteiger charge is -2.25. The highest BCUT2D eigenvalue weighted by Gasteiger charge is 2.14. The van der Waals surface area contributed by atoms with Crippen molar-refractivity contribution in [3.63, 3.8) is 0 Å². The van der Waals surface area contributed by atoms with E-state index in [0.717, 1.165) is 5.52 Å². The van der Waals surface area contributed by atoms with Gasteiger partial charge in [-0.05, 0) is 26.0 Å². The van der Waals surface area contributed by atoms with Gasteiger partial charge in [0.1, 0.15) is 0 Å². The largest absolute Gasteiger partial charge is 0.481 e. The van der Waals surface area contributed by atoms with E-state index in [1.54, 1.807) is 10.6 Å². The number of carboxylic acid groups (broad SMARTS) is 1. The standard InChI is InChI=1S/C15H20N2O4/c1-11(2)16(8-7-14(18)19)9-10-17-12-5-3-4-6-13(12)21-15(17)20/h3-6,11H,7-10H2,1-2H3,(H,18,19). The van der Waals surface area contributed by atoms with E-state index in [0.29, 0.717) is 25.2 Å². The van der Waals surface area contributed by atoms with Crippen molar-refractivity contribution in [1.82, 2.24) is 9.47 Å². The fraction of sp³-hybridized carbons (Fsp3) is 0.467. The zero-order valence-corrected chi connectivity index (χ0v) is 12.3. The molecule has 114 valence electrons. The monoisotopic (exact) mass is 292 g/mol. The number of benzene rings is 1. The Morgan fingerprint density at radius 1 is 1.33 bits per heavy atom. The van der Waals surface area contributed by atoms with Crippen LogP contribution in [0.2, 0.25) is 0 Å². The molecule has 0 aliphatic carbocycles. The van der Waals surface area contributed by atoms with E-state index in [1.807, 2.05) is 36.9 Å². The summed E-state index contributed by atoms with van der Waals surface area (Å²) in [4.78, 5) is 24.6. The quantitative estimate of drug-likeness (QED) is 0.842. The van der Waals surface area contributed by atoms with Crippen LogP contribution in [0.25, 0.3) is 11.1 Å². The third kappa shape index (κ3) is 3.72. The second-order valence-electron chi connectivity index (χ2n) is 5.26. The molecule has 0 saturated carbocycles. The van der Waals surface area contributed by atoms with Gasteiger partial charge in [-0.15, -0.1) is 0 Å². The highest BCUT2D eigenvalue weighted by atomic mass is 16.4. The minimum Gasteiger partial charge on any atom is -0.481 e. The molecule has 6 nitrogen and oxygen atoms in total. The molecule has 2 rings (SSSR count). The lowest BCUT2D eigenvalue weighted by Crippen LogP contribution is -2.36. The summed E-state index contributed by atoms with van der Waals surface area (Å²) in [5, 5.41) is 8.78. The number of carboxylic acids is 1. The summed E-state index contributed by atoms with van der Waals surface area (Å²) in [7, 11) is 0. The van der Waals surface area contributed by atoms with E-state index >= 15 is 0 Å². The summed E-state index contributed by atoms with van der Waals surface area (Å²) in [5.74, 6) is -1.19. The van der Waals surface area contributed by atoms with Crippen molar-refractivity contribution in [1.29, 1.82) is 0 Å². The summed E-state index contributed by atoms with van der Waals surface area (Å²) in [6.07, 6.45) is 0.0964. The molecule has 0 spiro atoms. The molecule has 0 atom stereocenters. The van der Waals surface area contributed by atoms with Gasteiger partial charge in [-0.3, -0.25) is 14.3 Å². The van der Waals surface area contributed by atoms with Gasteiger partial charge >= 0.3 is 11.7 Å². The number of aliphatic carboxylic acids is 1. The van der Waals surface area contributed by atoms with Crippen molar-refractivity contribution in [3.05, 3.63) is 34.8 Å². The molecule has 0 fully saturated rings. The molecule has 1 aromatic carbocycles. The third-order valence-electron chi connectivity index (χ3n) is 3.53. The Labute approximate surface area is 122 Å². The zero-order valence-electron chi connectivity index (χ0n) is 12.3. The molecule has 0 amide bonds. The van der Waals surface area contributed by atoms with Crippen molar-refractivity contribution in [2.75, 3.05) is 13.1 Å². The van der Waals surface area contributed by atoms with Crippen LogP contribution in [0.4, 0.5) is 0 Å². The van der Waals surface area contributed by atoms with Gasteiger partial charge in [-0.1, -0.05) is 12.1 Å². The molecule has 2 aromatic rings. The van der Waals surface area contributed by atoms with Gasteiger partial charge in [0.2, 0.25) is 0 Å². The Hall–Kier alpha value is -2.08. The fourth-order valence-corrected chi connectivity index (χ4v) is 2.32. The van der Waals surface area contributed by atoms with Crippen molar-refractivity contribution in [2.45, 2.75) is 32.9 Å². The molecule has 1 aromatic heterocycles. The van der Waals surface area contributed by atoms with Crippen LogP contribution in [0.1, 0.15) is 20.3 Å². The minimum absolute atomic E-state index is 0.0964. The van der Waals surface area contributed by atoms with E-state index in [9.17, 15) is 9.59 Å². The molecule has 0 bridgehead atoms. The maximum absolute atomic E-state index is 11.9. The van der Waals surface area contributed by atoms with Gasteiger partial charge in [-0.25, -0.2) is 4.79 Å². The van der Waals surface area contributed by atoms with Crippen molar-refractivity contribution in [2.24, 2.45) is 0 Å². The number of nitrogens with zero attached hydrogens (tertiary/aromatic N) is 2. The SMILES string of the molecule is CC(C)N(CCC(=O)O)CCn1c(=O)oc2ccccc21. The zero-order chi connectivity index (χ0) is 15.4. The maximum atomic E-state index is 11.9. The first kappa shape index (κ1) is 15.3. The highest BCUT2D eigenvalue weighted by molar-refractivity contribution is 5.72. The Balaban J connectivity index is 2.10. The minimum atomic E-state index is -0.813. The van der Waals surface area contributed by atoms with E-state index in [2.05, 4.69) is 0 Å². The second-order valence-corrected chi connectivity index (χ2v) is 5.26. The number of hydrogen-bond acceptors (Lipinski definition) is 4.